The monoisotopic (exact) mass is 265 g/mol. The Labute approximate surface area is 117 Å². The average molecular weight is 266 g/mol. The highest BCUT2D eigenvalue weighted by Crippen LogP contribution is 2.19. The van der Waals surface area contributed by atoms with Crippen LogP contribution in [0.4, 0.5) is 0 Å². The Kier molecular flexibility index (Phi) is 7.07. The van der Waals surface area contributed by atoms with Crippen LogP contribution in [0.2, 0.25) is 0 Å². The molecule has 0 heterocycles. The zero-order valence-electron chi connectivity index (χ0n) is 11.2. The number of aryl methyl sites for hydroxylation is 1. The van der Waals surface area contributed by atoms with Gasteiger partial charge >= 0.3 is 0 Å². The number of halogens is 1. The quantitative estimate of drug-likeness (QED) is 0.615. The lowest BCUT2D eigenvalue weighted by Gasteiger charge is -2.13. The van der Waals surface area contributed by atoms with Crippen LogP contribution in [0.25, 0.3) is 0 Å². The van der Waals surface area contributed by atoms with Crippen molar-refractivity contribution in [3.05, 3.63) is 47.0 Å². The normalized spacial score (nSPS) is 14.8. The fourth-order valence-electron chi connectivity index (χ4n) is 2.44. The smallest absolute Gasteiger partial charge is 0.0205 e. The largest absolute Gasteiger partial charge is 0.312 e. The van der Waals surface area contributed by atoms with Gasteiger partial charge in [-0.25, -0.2) is 0 Å². The van der Waals surface area contributed by atoms with Gasteiger partial charge in [0.25, 0.3) is 0 Å². The van der Waals surface area contributed by atoms with Gasteiger partial charge < -0.3 is 5.32 Å². The number of hydrogen-bond acceptors (Lipinski definition) is 1. The highest BCUT2D eigenvalue weighted by atomic mass is 35.5. The van der Waals surface area contributed by atoms with E-state index in [1.807, 2.05) is 0 Å². The Morgan fingerprint density at radius 3 is 2.83 bits per heavy atom. The summed E-state index contributed by atoms with van der Waals surface area (Å²) in [6, 6.07) is 8.74. The maximum Gasteiger partial charge on any atom is 0.0205 e. The maximum absolute atomic E-state index is 3.54. The molecule has 18 heavy (non-hydrogen) atoms. The van der Waals surface area contributed by atoms with Crippen molar-refractivity contribution in [2.24, 2.45) is 0 Å². The van der Waals surface area contributed by atoms with Crippen molar-refractivity contribution in [2.75, 3.05) is 6.54 Å². The summed E-state index contributed by atoms with van der Waals surface area (Å²) in [6.45, 7) is 4.26. The predicted octanol–water partition coefficient (Wildman–Crippen LogP) is 4.40. The second-order valence-electron chi connectivity index (χ2n) is 5.02. The van der Waals surface area contributed by atoms with Gasteiger partial charge in [0.2, 0.25) is 0 Å². The van der Waals surface area contributed by atoms with Gasteiger partial charge in [-0.1, -0.05) is 41.5 Å². The van der Waals surface area contributed by atoms with Gasteiger partial charge in [0.1, 0.15) is 0 Å². The van der Waals surface area contributed by atoms with E-state index in [9.17, 15) is 0 Å². The zero-order valence-corrected chi connectivity index (χ0v) is 12.1. The molecule has 0 unspecified atom stereocenters. The van der Waals surface area contributed by atoms with E-state index in [1.165, 1.54) is 43.2 Å². The molecule has 1 aromatic carbocycles. The first kappa shape index (κ1) is 15.3. The summed E-state index contributed by atoms with van der Waals surface area (Å²) < 4.78 is 0. The van der Waals surface area contributed by atoms with E-state index in [4.69, 9.17) is 0 Å². The number of hydrogen-bond donors (Lipinski definition) is 1. The van der Waals surface area contributed by atoms with E-state index in [0.717, 1.165) is 13.1 Å². The molecule has 1 N–H and O–H groups in total. The molecule has 0 radical (unpaired) electrons. The predicted molar refractivity (Wildman–Crippen MR) is 81.3 cm³/mol. The summed E-state index contributed by atoms with van der Waals surface area (Å²) in [4.78, 5) is 0. The lowest BCUT2D eigenvalue weighted by Crippen LogP contribution is -2.15. The minimum atomic E-state index is 0. The lowest BCUT2D eigenvalue weighted by atomic mass is 9.97. The van der Waals surface area contributed by atoms with Crippen molar-refractivity contribution in [1.82, 2.24) is 5.32 Å². The third kappa shape index (κ3) is 5.24. The summed E-state index contributed by atoms with van der Waals surface area (Å²) in [5, 5.41) is 3.54. The second kappa shape index (κ2) is 8.34. The molecule has 0 aliphatic heterocycles. The molecule has 0 fully saturated rings. The molecule has 0 spiro atoms. The van der Waals surface area contributed by atoms with Crippen molar-refractivity contribution < 1.29 is 0 Å². The minimum absolute atomic E-state index is 0. The van der Waals surface area contributed by atoms with E-state index in [0.29, 0.717) is 0 Å². The summed E-state index contributed by atoms with van der Waals surface area (Å²) in [7, 11) is 0. The van der Waals surface area contributed by atoms with Crippen LogP contribution in [0.3, 0.4) is 0 Å². The Bertz CT molecular complexity index is 384. The molecule has 1 nitrogen and oxygen atoms in total. The van der Waals surface area contributed by atoms with E-state index < -0.39 is 0 Å². The van der Waals surface area contributed by atoms with Crippen molar-refractivity contribution in [2.45, 2.75) is 45.6 Å². The summed E-state index contributed by atoms with van der Waals surface area (Å²) >= 11 is 0. The third-order valence-electron chi connectivity index (χ3n) is 3.42. The van der Waals surface area contributed by atoms with Crippen molar-refractivity contribution in [1.29, 1.82) is 0 Å². The van der Waals surface area contributed by atoms with Crippen LogP contribution in [0, 0.1) is 6.92 Å². The molecule has 0 aromatic heterocycles. The molecule has 0 bridgehead atoms. The van der Waals surface area contributed by atoms with Crippen molar-refractivity contribution >= 4 is 12.4 Å². The van der Waals surface area contributed by atoms with Crippen LogP contribution in [0.1, 0.15) is 43.2 Å². The van der Waals surface area contributed by atoms with E-state index in [1.54, 1.807) is 5.57 Å². The number of benzene rings is 1. The van der Waals surface area contributed by atoms with Crippen LogP contribution in [-0.4, -0.2) is 6.54 Å². The Morgan fingerprint density at radius 2 is 2.11 bits per heavy atom. The van der Waals surface area contributed by atoms with Gasteiger partial charge in [-0.2, -0.15) is 0 Å². The average Bonchev–Trinajstić information content (AvgIpc) is 2.36. The van der Waals surface area contributed by atoms with E-state index >= 15 is 0 Å². The molecule has 0 amide bonds. The highest BCUT2D eigenvalue weighted by molar-refractivity contribution is 5.85. The third-order valence-corrected chi connectivity index (χ3v) is 3.42. The fourth-order valence-corrected chi connectivity index (χ4v) is 2.44. The highest BCUT2D eigenvalue weighted by Gasteiger charge is 2.02. The number of allylic oxidation sites excluding steroid dienone is 1. The summed E-state index contributed by atoms with van der Waals surface area (Å²) in [5.74, 6) is 0. The molecular formula is C16H24ClN. The van der Waals surface area contributed by atoms with Gasteiger partial charge in [-0.15, -0.1) is 12.4 Å². The van der Waals surface area contributed by atoms with E-state index in [2.05, 4.69) is 42.6 Å². The standard InChI is InChI=1S/C16H23N.ClH/c1-14-6-5-9-16(12-14)13-17-11-10-15-7-3-2-4-8-15;/h5-7,9,12,17H,2-4,8,10-11,13H2,1H3;1H. The molecule has 1 aromatic rings. The van der Waals surface area contributed by atoms with Crippen molar-refractivity contribution in [3.8, 4) is 0 Å². The Morgan fingerprint density at radius 1 is 1.22 bits per heavy atom. The first-order valence-corrected chi connectivity index (χ1v) is 6.79. The van der Waals surface area contributed by atoms with Crippen LogP contribution in [-0.2, 0) is 6.54 Å². The molecule has 1 aliphatic rings. The molecule has 2 heteroatoms. The van der Waals surface area contributed by atoms with Crippen LogP contribution < -0.4 is 5.32 Å². The minimum Gasteiger partial charge on any atom is -0.312 e. The summed E-state index contributed by atoms with van der Waals surface area (Å²) in [5.41, 5.74) is 4.40. The molecule has 0 saturated carbocycles. The zero-order chi connectivity index (χ0) is 11.9. The molecule has 1 aliphatic carbocycles. The van der Waals surface area contributed by atoms with E-state index in [-0.39, 0.29) is 12.4 Å². The van der Waals surface area contributed by atoms with Crippen LogP contribution >= 0.6 is 12.4 Å². The summed E-state index contributed by atoms with van der Waals surface area (Å²) in [6.07, 6.45) is 9.08. The van der Waals surface area contributed by atoms with Crippen LogP contribution in [0.5, 0.6) is 0 Å². The SMILES string of the molecule is Cc1cccc(CNCCC2=CCCCC2)c1.Cl. The number of rotatable bonds is 5. The Balaban J connectivity index is 0.00000162. The second-order valence-corrected chi connectivity index (χ2v) is 5.02. The van der Waals surface area contributed by atoms with Gasteiger partial charge in [0, 0.05) is 6.54 Å². The van der Waals surface area contributed by atoms with Gasteiger partial charge in [0.05, 0.1) is 0 Å². The maximum atomic E-state index is 3.54. The van der Waals surface area contributed by atoms with Gasteiger partial charge in [-0.05, 0) is 51.1 Å². The van der Waals surface area contributed by atoms with Gasteiger partial charge in [-0.3, -0.25) is 0 Å². The molecule has 0 atom stereocenters. The van der Waals surface area contributed by atoms with Crippen LogP contribution in [0.15, 0.2) is 35.9 Å². The molecule has 2 rings (SSSR count). The fraction of sp³-hybridized carbons (Fsp3) is 0.500. The first-order valence-electron chi connectivity index (χ1n) is 6.79. The first-order chi connectivity index (χ1) is 8.34. The lowest BCUT2D eigenvalue weighted by molar-refractivity contribution is 0.632. The molecule has 0 saturated heterocycles. The topological polar surface area (TPSA) is 12.0 Å². The van der Waals surface area contributed by atoms with Crippen molar-refractivity contribution in [3.63, 3.8) is 0 Å². The molecular weight excluding hydrogens is 242 g/mol. The van der Waals surface area contributed by atoms with Gasteiger partial charge in [0.15, 0.2) is 0 Å². The number of nitrogens with one attached hydrogen (secondary N) is 1. The molecule has 100 valence electrons. The Hall–Kier alpha value is -0.790.